The van der Waals surface area contributed by atoms with Crippen LogP contribution in [0.1, 0.15) is 12.0 Å². The molecule has 2 aromatic rings. The number of ether oxygens (including phenoxy) is 1. The van der Waals surface area contributed by atoms with Crippen LogP contribution in [0.5, 0.6) is 0 Å². The lowest BCUT2D eigenvalue weighted by Crippen LogP contribution is -2.22. The molecule has 27 heavy (non-hydrogen) atoms. The van der Waals surface area contributed by atoms with Crippen LogP contribution < -0.4 is 5.32 Å². The Bertz CT molecular complexity index is 943. The fourth-order valence-corrected chi connectivity index (χ4v) is 3.63. The maximum Gasteiger partial charge on any atom is 0.307 e. The van der Waals surface area contributed by atoms with E-state index in [4.69, 9.17) is 27.9 Å². The second-order valence-electron chi connectivity index (χ2n) is 5.69. The number of hydrogen-bond donors (Lipinski definition) is 1. The molecule has 0 atom stereocenters. The molecule has 0 bridgehead atoms. The van der Waals surface area contributed by atoms with Gasteiger partial charge in [0.25, 0.3) is 5.91 Å². The molecule has 9 heteroatoms. The van der Waals surface area contributed by atoms with Gasteiger partial charge in [0.2, 0.25) is 0 Å². The summed E-state index contributed by atoms with van der Waals surface area (Å²) in [5, 5.41) is 3.45. The lowest BCUT2D eigenvalue weighted by molar-refractivity contribution is -0.146. The molecule has 0 saturated heterocycles. The van der Waals surface area contributed by atoms with Crippen LogP contribution in [0.3, 0.4) is 0 Å². The monoisotopic (exact) mass is 429 g/mol. The highest BCUT2D eigenvalue weighted by molar-refractivity contribution is 7.91. The van der Waals surface area contributed by atoms with Gasteiger partial charge in [0.1, 0.15) is 0 Å². The number of carbonyl (C=O) groups is 2. The minimum atomic E-state index is -3.64. The number of hydrogen-bond acceptors (Lipinski definition) is 5. The highest BCUT2D eigenvalue weighted by atomic mass is 35.5. The summed E-state index contributed by atoms with van der Waals surface area (Å²) in [4.78, 5) is 23.7. The SMILES string of the molecule is Cc1ccc(Cl)cc1NC(=O)COC(=O)CCS(=O)(=O)c1ccc(Cl)cc1. The van der Waals surface area contributed by atoms with Gasteiger partial charge in [-0.3, -0.25) is 9.59 Å². The van der Waals surface area contributed by atoms with Gasteiger partial charge in [-0.25, -0.2) is 8.42 Å². The zero-order valence-electron chi connectivity index (χ0n) is 14.4. The Labute approximate surface area is 167 Å². The Hall–Kier alpha value is -2.09. The molecule has 2 aromatic carbocycles. The summed E-state index contributed by atoms with van der Waals surface area (Å²) in [6.45, 7) is 1.27. The zero-order valence-corrected chi connectivity index (χ0v) is 16.7. The van der Waals surface area contributed by atoms with Crippen molar-refractivity contribution in [2.45, 2.75) is 18.2 Å². The molecular formula is C18H17Cl2NO5S. The van der Waals surface area contributed by atoms with E-state index < -0.39 is 34.1 Å². The van der Waals surface area contributed by atoms with Gasteiger partial charge >= 0.3 is 5.97 Å². The summed E-state index contributed by atoms with van der Waals surface area (Å²) in [6.07, 6.45) is -0.367. The third kappa shape index (κ3) is 6.53. The van der Waals surface area contributed by atoms with Crippen LogP contribution in [0.4, 0.5) is 5.69 Å². The first-order valence-corrected chi connectivity index (χ1v) is 10.3. The van der Waals surface area contributed by atoms with Crippen molar-refractivity contribution in [1.82, 2.24) is 0 Å². The summed E-state index contributed by atoms with van der Waals surface area (Å²) < 4.78 is 29.1. The second kappa shape index (κ2) is 9.21. The van der Waals surface area contributed by atoms with E-state index in [0.29, 0.717) is 15.7 Å². The van der Waals surface area contributed by atoms with Crippen molar-refractivity contribution >= 4 is 50.6 Å². The van der Waals surface area contributed by atoms with E-state index in [0.717, 1.165) is 5.56 Å². The molecule has 1 N–H and O–H groups in total. The van der Waals surface area contributed by atoms with Crippen LogP contribution >= 0.6 is 23.2 Å². The molecular weight excluding hydrogens is 413 g/mol. The summed E-state index contributed by atoms with van der Waals surface area (Å²) >= 11 is 11.6. The normalized spacial score (nSPS) is 11.1. The predicted molar refractivity (Wildman–Crippen MR) is 104 cm³/mol. The topological polar surface area (TPSA) is 89.5 Å². The van der Waals surface area contributed by atoms with E-state index in [9.17, 15) is 18.0 Å². The second-order valence-corrected chi connectivity index (χ2v) is 8.67. The van der Waals surface area contributed by atoms with E-state index in [1.165, 1.54) is 24.3 Å². The molecule has 0 aliphatic rings. The molecule has 0 aromatic heterocycles. The molecule has 6 nitrogen and oxygen atoms in total. The maximum atomic E-state index is 12.2. The van der Waals surface area contributed by atoms with Crippen LogP contribution in [0.25, 0.3) is 0 Å². The lowest BCUT2D eigenvalue weighted by atomic mass is 10.2. The molecule has 0 spiro atoms. The van der Waals surface area contributed by atoms with Gasteiger partial charge in [-0.05, 0) is 48.9 Å². The number of rotatable bonds is 7. The maximum absolute atomic E-state index is 12.2. The highest BCUT2D eigenvalue weighted by Crippen LogP contribution is 2.20. The molecule has 2 rings (SSSR count). The summed E-state index contributed by atoms with van der Waals surface area (Å²) in [5.74, 6) is -1.76. The van der Waals surface area contributed by atoms with Crippen molar-refractivity contribution in [3.63, 3.8) is 0 Å². The number of esters is 1. The number of anilines is 1. The van der Waals surface area contributed by atoms with Crippen molar-refractivity contribution in [2.24, 2.45) is 0 Å². The number of sulfone groups is 1. The number of amides is 1. The van der Waals surface area contributed by atoms with Gasteiger partial charge in [-0.2, -0.15) is 0 Å². The Morgan fingerprint density at radius 3 is 2.33 bits per heavy atom. The fraction of sp³-hybridized carbons (Fsp3) is 0.222. The van der Waals surface area contributed by atoms with E-state index in [1.54, 1.807) is 25.1 Å². The van der Waals surface area contributed by atoms with Gasteiger partial charge in [0, 0.05) is 15.7 Å². The standard InChI is InChI=1S/C18H17Cl2NO5S/c1-12-2-3-14(20)10-16(12)21-17(22)11-26-18(23)8-9-27(24,25)15-6-4-13(19)5-7-15/h2-7,10H,8-9,11H2,1H3,(H,21,22). The molecule has 0 radical (unpaired) electrons. The van der Waals surface area contributed by atoms with Crippen LogP contribution in [0, 0.1) is 6.92 Å². The predicted octanol–water partition coefficient (Wildman–Crippen LogP) is 3.65. The number of aryl methyl sites for hydroxylation is 1. The van der Waals surface area contributed by atoms with Crippen molar-refractivity contribution in [3.05, 3.63) is 58.1 Å². The van der Waals surface area contributed by atoms with E-state index in [2.05, 4.69) is 5.32 Å². The van der Waals surface area contributed by atoms with Gasteiger partial charge in [-0.1, -0.05) is 29.3 Å². The molecule has 0 saturated carbocycles. The van der Waals surface area contributed by atoms with Crippen molar-refractivity contribution in [1.29, 1.82) is 0 Å². The Balaban J connectivity index is 1.82. The van der Waals surface area contributed by atoms with Crippen molar-refractivity contribution < 1.29 is 22.7 Å². The molecule has 0 heterocycles. The number of nitrogens with one attached hydrogen (secondary N) is 1. The third-order valence-electron chi connectivity index (χ3n) is 3.59. The minimum absolute atomic E-state index is 0.0638. The van der Waals surface area contributed by atoms with Crippen LogP contribution in [0.15, 0.2) is 47.4 Å². The summed E-state index contributed by atoms with van der Waals surface area (Å²) in [7, 11) is -3.64. The average Bonchev–Trinajstić information content (AvgIpc) is 2.62. The molecule has 1 amide bonds. The van der Waals surface area contributed by atoms with Gasteiger partial charge < -0.3 is 10.1 Å². The Kier molecular flexibility index (Phi) is 7.24. The smallest absolute Gasteiger partial charge is 0.307 e. The summed E-state index contributed by atoms with van der Waals surface area (Å²) in [5.41, 5.74) is 1.31. The van der Waals surface area contributed by atoms with E-state index >= 15 is 0 Å². The first-order chi connectivity index (χ1) is 12.7. The van der Waals surface area contributed by atoms with Crippen LogP contribution in [0.2, 0.25) is 10.0 Å². The Morgan fingerprint density at radius 2 is 1.67 bits per heavy atom. The lowest BCUT2D eigenvalue weighted by Gasteiger charge is -2.09. The van der Waals surface area contributed by atoms with Gasteiger partial charge in [0.15, 0.2) is 16.4 Å². The Morgan fingerprint density at radius 1 is 1.04 bits per heavy atom. The minimum Gasteiger partial charge on any atom is -0.456 e. The first-order valence-electron chi connectivity index (χ1n) is 7.87. The number of benzene rings is 2. The molecule has 144 valence electrons. The molecule has 0 unspecified atom stereocenters. The summed E-state index contributed by atoms with van der Waals surface area (Å²) in [6, 6.07) is 10.6. The van der Waals surface area contributed by atoms with Gasteiger partial charge in [-0.15, -0.1) is 0 Å². The van der Waals surface area contributed by atoms with Crippen molar-refractivity contribution in [3.8, 4) is 0 Å². The van der Waals surface area contributed by atoms with E-state index in [-0.39, 0.29) is 11.3 Å². The van der Waals surface area contributed by atoms with Crippen LogP contribution in [-0.4, -0.2) is 32.7 Å². The molecule has 0 fully saturated rings. The highest BCUT2D eigenvalue weighted by Gasteiger charge is 2.18. The average molecular weight is 430 g/mol. The first kappa shape index (κ1) is 21.2. The zero-order chi connectivity index (χ0) is 20.0. The molecule has 0 aliphatic heterocycles. The third-order valence-corrected chi connectivity index (χ3v) is 5.80. The largest absolute Gasteiger partial charge is 0.456 e. The molecule has 0 aliphatic carbocycles. The van der Waals surface area contributed by atoms with Crippen LogP contribution in [-0.2, 0) is 24.2 Å². The number of halogens is 2. The van der Waals surface area contributed by atoms with Crippen molar-refractivity contribution in [2.75, 3.05) is 17.7 Å². The fourth-order valence-electron chi connectivity index (χ4n) is 2.11. The van der Waals surface area contributed by atoms with Gasteiger partial charge in [0.05, 0.1) is 17.1 Å². The van der Waals surface area contributed by atoms with E-state index in [1.807, 2.05) is 0 Å². The number of carbonyl (C=O) groups excluding carboxylic acids is 2. The quantitative estimate of drug-likeness (QED) is 0.678.